The number of ether oxygens (including phenoxy) is 2. The van der Waals surface area contributed by atoms with E-state index in [9.17, 15) is 9.59 Å². The number of Topliss-reactive ketones (excluding diaryl/α,β-unsaturated/α-hetero) is 1. The lowest BCUT2D eigenvalue weighted by molar-refractivity contribution is -0.147. The zero-order valence-electron chi connectivity index (χ0n) is 19.5. The van der Waals surface area contributed by atoms with E-state index in [1.54, 1.807) is 7.11 Å². The van der Waals surface area contributed by atoms with Crippen molar-refractivity contribution in [3.63, 3.8) is 0 Å². The van der Waals surface area contributed by atoms with Crippen LogP contribution in [0.3, 0.4) is 0 Å². The van der Waals surface area contributed by atoms with Crippen LogP contribution in [-0.2, 0) is 20.7 Å². The second-order valence-electron chi connectivity index (χ2n) is 9.62. The molecule has 0 amide bonds. The molecule has 1 heterocycles. The van der Waals surface area contributed by atoms with E-state index in [-0.39, 0.29) is 23.8 Å². The number of ketones is 1. The molecule has 2 aromatic carbocycles. The highest BCUT2D eigenvalue weighted by Crippen LogP contribution is 2.48. The van der Waals surface area contributed by atoms with Gasteiger partial charge in [0, 0.05) is 35.7 Å². The Labute approximate surface area is 195 Å². The average Bonchev–Trinajstić information content (AvgIpc) is 2.78. The summed E-state index contributed by atoms with van der Waals surface area (Å²) in [6.45, 7) is 8.62. The molecule has 1 aliphatic heterocycles. The number of allylic oxidation sites excluding steroid dienone is 2. The summed E-state index contributed by atoms with van der Waals surface area (Å²) < 4.78 is 11.1. The maximum absolute atomic E-state index is 13.4. The van der Waals surface area contributed by atoms with Crippen molar-refractivity contribution in [1.29, 1.82) is 0 Å². The van der Waals surface area contributed by atoms with Gasteiger partial charge in [-0.3, -0.25) is 9.59 Å². The van der Waals surface area contributed by atoms with E-state index in [1.807, 2.05) is 54.6 Å². The van der Waals surface area contributed by atoms with Gasteiger partial charge in [-0.1, -0.05) is 62.9 Å². The Balaban J connectivity index is 1.67. The summed E-state index contributed by atoms with van der Waals surface area (Å²) >= 11 is 0. The van der Waals surface area contributed by atoms with Gasteiger partial charge < -0.3 is 14.8 Å². The Hall–Kier alpha value is -3.34. The molecule has 0 saturated carbocycles. The monoisotopic (exact) mass is 445 g/mol. The zero-order chi connectivity index (χ0) is 23.6. The molecule has 0 spiro atoms. The Morgan fingerprint density at radius 1 is 1.12 bits per heavy atom. The highest BCUT2D eigenvalue weighted by molar-refractivity contribution is 6.00. The summed E-state index contributed by atoms with van der Waals surface area (Å²) in [6, 6.07) is 17.5. The topological polar surface area (TPSA) is 64.6 Å². The smallest absolute Gasteiger partial charge is 0.315 e. The van der Waals surface area contributed by atoms with Crippen LogP contribution in [0.15, 0.2) is 78.1 Å². The third-order valence-corrected chi connectivity index (χ3v) is 6.44. The summed E-state index contributed by atoms with van der Waals surface area (Å²) in [7, 11) is 1.61. The number of methoxy groups -OCH3 is 1. The van der Waals surface area contributed by atoms with Crippen molar-refractivity contribution in [2.24, 2.45) is 11.3 Å². The molecular formula is C28H31NO4. The predicted octanol–water partition coefficient (Wildman–Crippen LogP) is 4.94. The molecule has 0 aromatic heterocycles. The zero-order valence-corrected chi connectivity index (χ0v) is 19.5. The van der Waals surface area contributed by atoms with Gasteiger partial charge in [0.25, 0.3) is 0 Å². The fourth-order valence-electron chi connectivity index (χ4n) is 4.92. The van der Waals surface area contributed by atoms with Crippen LogP contribution in [0, 0.1) is 11.3 Å². The van der Waals surface area contributed by atoms with Gasteiger partial charge in [0.2, 0.25) is 0 Å². The summed E-state index contributed by atoms with van der Waals surface area (Å²) in [5.74, 6) is -0.788. The van der Waals surface area contributed by atoms with Crippen molar-refractivity contribution in [2.45, 2.75) is 39.0 Å². The number of carbonyl (C=O) groups is 2. The van der Waals surface area contributed by atoms with Crippen LogP contribution < -0.4 is 10.1 Å². The molecule has 1 N–H and O–H groups in total. The number of hydrogen-bond donors (Lipinski definition) is 1. The third-order valence-electron chi connectivity index (χ3n) is 6.44. The molecule has 33 heavy (non-hydrogen) atoms. The largest absolute Gasteiger partial charge is 0.497 e. The summed E-state index contributed by atoms with van der Waals surface area (Å²) in [4.78, 5) is 26.7. The van der Waals surface area contributed by atoms with Crippen LogP contribution in [0.1, 0.15) is 43.7 Å². The van der Waals surface area contributed by atoms with Crippen LogP contribution in [0.2, 0.25) is 0 Å². The van der Waals surface area contributed by atoms with Gasteiger partial charge in [0.05, 0.1) is 13.7 Å². The SMILES string of the molecule is C=C1NC2=C(C(=O)CC(C)(C)C2)C(c2cccc(OC)c2)C1C(=O)OCCc1ccccc1. The fourth-order valence-corrected chi connectivity index (χ4v) is 4.92. The number of nitrogens with one attached hydrogen (secondary N) is 1. The first-order chi connectivity index (χ1) is 15.8. The molecule has 2 aliphatic rings. The predicted molar refractivity (Wildman–Crippen MR) is 128 cm³/mol. The fraction of sp³-hybridized carbons (Fsp3) is 0.357. The molecule has 4 rings (SSSR count). The van der Waals surface area contributed by atoms with Gasteiger partial charge in [-0.05, 0) is 35.1 Å². The third kappa shape index (κ3) is 4.87. The molecule has 2 unspecified atom stereocenters. The minimum absolute atomic E-state index is 0.0659. The highest BCUT2D eigenvalue weighted by atomic mass is 16.5. The quantitative estimate of drug-likeness (QED) is 0.638. The number of rotatable bonds is 6. The summed E-state index contributed by atoms with van der Waals surface area (Å²) in [5.41, 5.74) is 3.90. The maximum atomic E-state index is 13.4. The Bertz CT molecular complexity index is 1100. The first-order valence-electron chi connectivity index (χ1n) is 11.4. The molecule has 1 aliphatic carbocycles. The van der Waals surface area contributed by atoms with Crippen molar-refractivity contribution >= 4 is 11.8 Å². The molecule has 0 radical (unpaired) electrons. The summed E-state index contributed by atoms with van der Waals surface area (Å²) in [5, 5.41) is 3.30. The van der Waals surface area contributed by atoms with E-state index >= 15 is 0 Å². The van der Waals surface area contributed by atoms with Gasteiger partial charge in [-0.2, -0.15) is 0 Å². The van der Waals surface area contributed by atoms with Crippen molar-refractivity contribution in [2.75, 3.05) is 13.7 Å². The normalized spacial score (nSPS) is 21.8. The van der Waals surface area contributed by atoms with Crippen LogP contribution in [0.25, 0.3) is 0 Å². The van der Waals surface area contributed by atoms with E-state index in [1.165, 1.54) is 0 Å². The first-order valence-corrected chi connectivity index (χ1v) is 11.4. The van der Waals surface area contributed by atoms with E-state index < -0.39 is 11.8 Å². The van der Waals surface area contributed by atoms with Crippen LogP contribution in [-0.4, -0.2) is 25.5 Å². The second kappa shape index (κ2) is 9.26. The number of esters is 1. The highest BCUT2D eigenvalue weighted by Gasteiger charge is 2.46. The lowest BCUT2D eigenvalue weighted by Gasteiger charge is -2.42. The second-order valence-corrected chi connectivity index (χ2v) is 9.62. The minimum Gasteiger partial charge on any atom is -0.497 e. The average molecular weight is 446 g/mol. The number of carbonyl (C=O) groups excluding carboxylic acids is 2. The van der Waals surface area contributed by atoms with Gasteiger partial charge >= 0.3 is 5.97 Å². The standard InChI is InChI=1S/C28H31NO4/c1-18-24(27(31)33-14-13-19-9-6-5-7-10-19)25(20-11-8-12-21(15-20)32-4)26-22(29-18)16-28(2,3)17-23(26)30/h5-12,15,24-25,29H,1,13-14,16-17H2,2-4H3. The maximum Gasteiger partial charge on any atom is 0.315 e. The van der Waals surface area contributed by atoms with Gasteiger partial charge in [0.15, 0.2) is 5.78 Å². The molecule has 5 heteroatoms. The Kier molecular flexibility index (Phi) is 6.41. The molecule has 0 bridgehead atoms. The van der Waals surface area contributed by atoms with Gasteiger partial charge in [0.1, 0.15) is 11.7 Å². The van der Waals surface area contributed by atoms with E-state index in [0.29, 0.717) is 29.9 Å². The van der Waals surface area contributed by atoms with Crippen LogP contribution in [0.5, 0.6) is 5.75 Å². The van der Waals surface area contributed by atoms with Crippen molar-refractivity contribution in [1.82, 2.24) is 5.32 Å². The van der Waals surface area contributed by atoms with E-state index in [4.69, 9.17) is 9.47 Å². The molecule has 5 nitrogen and oxygen atoms in total. The molecule has 2 aromatic rings. The van der Waals surface area contributed by atoms with E-state index in [0.717, 1.165) is 23.2 Å². The number of benzene rings is 2. The lowest BCUT2D eigenvalue weighted by atomic mass is 9.66. The summed E-state index contributed by atoms with van der Waals surface area (Å²) in [6.07, 6.45) is 1.80. The molecular weight excluding hydrogens is 414 g/mol. The van der Waals surface area contributed by atoms with Crippen LogP contribution in [0.4, 0.5) is 0 Å². The van der Waals surface area contributed by atoms with Gasteiger partial charge in [-0.15, -0.1) is 0 Å². The van der Waals surface area contributed by atoms with E-state index in [2.05, 4.69) is 25.7 Å². The first kappa shape index (κ1) is 22.8. The minimum atomic E-state index is -0.697. The lowest BCUT2D eigenvalue weighted by Crippen LogP contribution is -2.43. The van der Waals surface area contributed by atoms with Crippen molar-refractivity contribution in [3.05, 3.63) is 89.3 Å². The Morgan fingerprint density at radius 2 is 1.88 bits per heavy atom. The number of hydrogen-bond acceptors (Lipinski definition) is 5. The van der Waals surface area contributed by atoms with Crippen molar-refractivity contribution < 1.29 is 19.1 Å². The molecule has 172 valence electrons. The Morgan fingerprint density at radius 3 is 2.61 bits per heavy atom. The molecule has 0 fully saturated rings. The van der Waals surface area contributed by atoms with Crippen molar-refractivity contribution in [3.8, 4) is 5.75 Å². The molecule has 0 saturated heterocycles. The van der Waals surface area contributed by atoms with Crippen LogP contribution >= 0.6 is 0 Å². The van der Waals surface area contributed by atoms with Gasteiger partial charge in [-0.25, -0.2) is 0 Å². The molecule has 2 atom stereocenters.